The Morgan fingerprint density at radius 1 is 0.457 bits per heavy atom. The summed E-state index contributed by atoms with van der Waals surface area (Å²) in [5.74, 6) is -10.1. The first-order chi connectivity index (χ1) is 32.9. The molecule has 2 fully saturated rings. The molecule has 0 spiro atoms. The Bertz CT molecular complexity index is 2660. The lowest BCUT2D eigenvalue weighted by atomic mass is 9.63. The highest BCUT2D eigenvalue weighted by atomic mass is 16.7. The maximum atomic E-state index is 14.6. The number of benzene rings is 4. The number of carbonyl (C=O) groups is 6. The van der Waals surface area contributed by atoms with Gasteiger partial charge in [0.25, 0.3) is 0 Å². The van der Waals surface area contributed by atoms with Crippen LogP contribution in [-0.4, -0.2) is 127 Å². The van der Waals surface area contributed by atoms with Crippen LogP contribution in [0.4, 0.5) is 0 Å². The summed E-state index contributed by atoms with van der Waals surface area (Å²) in [6, 6.07) is 10.8. The summed E-state index contributed by atoms with van der Waals surface area (Å²) in [5.41, 5.74) is 0.280. The average Bonchev–Trinajstić information content (AvgIpc) is 3.23. The fraction of sp³-hybridized carbons (Fsp3) is 0.400. The molecule has 2 heterocycles. The molecule has 0 unspecified atom stereocenters. The van der Waals surface area contributed by atoms with Gasteiger partial charge in [0.05, 0.1) is 34.5 Å². The minimum Gasteiger partial charge on any atom is -0.507 e. The van der Waals surface area contributed by atoms with Crippen LogP contribution in [0.2, 0.25) is 0 Å². The number of fused-ring (bicyclic) bond motifs is 4. The summed E-state index contributed by atoms with van der Waals surface area (Å²) < 4.78 is 46.1. The zero-order valence-corrected chi connectivity index (χ0v) is 38.9. The predicted octanol–water partition coefficient (Wildman–Crippen LogP) is 3.87. The highest BCUT2D eigenvalue weighted by Gasteiger charge is 2.52. The monoisotopic (exact) mass is 970 g/mol. The van der Waals surface area contributed by atoms with Crippen molar-refractivity contribution in [1.82, 2.24) is 0 Å². The molecule has 4 aliphatic rings. The third-order valence-corrected chi connectivity index (χ3v) is 12.6. The van der Waals surface area contributed by atoms with Gasteiger partial charge in [0, 0.05) is 51.7 Å². The van der Waals surface area contributed by atoms with E-state index in [9.17, 15) is 59.4 Å². The van der Waals surface area contributed by atoms with Crippen molar-refractivity contribution in [3.05, 3.63) is 104 Å². The number of phenols is 4. The second-order valence-electron chi connectivity index (χ2n) is 17.9. The Morgan fingerprint density at radius 2 is 0.743 bits per heavy atom. The normalized spacial score (nSPS) is 27.7. The molecule has 20 nitrogen and oxygen atoms in total. The van der Waals surface area contributed by atoms with E-state index in [1.807, 2.05) is 0 Å². The molecule has 0 radical (unpaired) electrons. The Hall–Kier alpha value is -7.26. The molecule has 0 bridgehead atoms. The van der Waals surface area contributed by atoms with E-state index < -0.39 is 132 Å². The molecule has 0 amide bonds. The van der Waals surface area contributed by atoms with Crippen molar-refractivity contribution in [3.8, 4) is 34.5 Å². The van der Waals surface area contributed by atoms with Crippen LogP contribution in [0.3, 0.4) is 0 Å². The van der Waals surface area contributed by atoms with Crippen molar-refractivity contribution in [1.29, 1.82) is 0 Å². The van der Waals surface area contributed by atoms with Crippen molar-refractivity contribution in [2.24, 2.45) is 0 Å². The first-order valence-electron chi connectivity index (χ1n) is 22.1. The number of aliphatic hydroxyl groups excluding tert-OH is 2. The molecule has 370 valence electrons. The van der Waals surface area contributed by atoms with Gasteiger partial charge in [-0.2, -0.15) is 0 Å². The number of hydrogen-bond donors (Lipinski definition) is 6. The SMILES string of the molecule is CC(=O)O[C@@H]1[C@@H](O)[C@H](C)O[C@@H](Oc2cc(O)c3c(c2)[C@H]([C@@H]2c4cc(C)cc(O)c4C(=O)c4c(O)cc(O[C@@H]5O[C@@H](C)[C@H](O)[C@@H](OC(C)=O)[C@H]5OC(C)=O)cc42)c2cc(C)cc(O)c2C3=O)[C@@H]1OC(C)=O. The van der Waals surface area contributed by atoms with E-state index in [4.69, 9.17) is 37.9 Å². The number of esters is 4. The third-order valence-electron chi connectivity index (χ3n) is 12.6. The van der Waals surface area contributed by atoms with E-state index in [0.29, 0.717) is 11.1 Å². The molecule has 2 aliphatic carbocycles. The van der Waals surface area contributed by atoms with Gasteiger partial charge in [-0.15, -0.1) is 0 Å². The third kappa shape index (κ3) is 8.82. The number of ketones is 2. The molecule has 70 heavy (non-hydrogen) atoms. The number of ether oxygens (including phenoxy) is 8. The van der Waals surface area contributed by atoms with Crippen LogP contribution in [0.5, 0.6) is 34.5 Å². The van der Waals surface area contributed by atoms with E-state index in [-0.39, 0.29) is 56.0 Å². The van der Waals surface area contributed by atoms with E-state index in [0.717, 1.165) is 39.8 Å². The molecule has 4 aromatic rings. The van der Waals surface area contributed by atoms with Crippen molar-refractivity contribution >= 4 is 35.4 Å². The van der Waals surface area contributed by atoms with Gasteiger partial charge in [-0.3, -0.25) is 28.8 Å². The predicted molar refractivity (Wildman–Crippen MR) is 237 cm³/mol. The van der Waals surface area contributed by atoms with Gasteiger partial charge in [0.1, 0.15) is 46.7 Å². The molecule has 2 saturated heterocycles. The summed E-state index contributed by atoms with van der Waals surface area (Å²) in [6.45, 7) is 10.5. The largest absolute Gasteiger partial charge is 0.507 e. The molecule has 12 atom stereocenters. The van der Waals surface area contributed by atoms with Gasteiger partial charge in [-0.05, 0) is 85.3 Å². The Kier molecular flexibility index (Phi) is 13.0. The molecule has 6 N–H and O–H groups in total. The number of hydrogen-bond acceptors (Lipinski definition) is 20. The van der Waals surface area contributed by atoms with Gasteiger partial charge in [-0.1, -0.05) is 12.1 Å². The van der Waals surface area contributed by atoms with Crippen LogP contribution in [0, 0.1) is 13.8 Å². The fourth-order valence-corrected chi connectivity index (χ4v) is 9.96. The Labute approximate surface area is 399 Å². The minimum absolute atomic E-state index is 0.0302. The topological polar surface area (TPSA) is 298 Å². The fourth-order valence-electron chi connectivity index (χ4n) is 9.96. The minimum atomic E-state index is -1.60. The van der Waals surface area contributed by atoms with Gasteiger partial charge in [0.15, 0.2) is 12.2 Å². The van der Waals surface area contributed by atoms with Crippen molar-refractivity contribution in [3.63, 3.8) is 0 Å². The standard InChI is InChI=1S/C50H50O20/c1-17-9-27-35(29-13-25(15-33(57)39(29)43(61)37(27)31(55)11-17)69-49-47(67-23(7)53)45(65-21(5)51)41(59)19(3)63-49)36-28-10-18(2)12-32(56)38(28)44(62)40-30(36)14-26(16-34(40)58)70-50-48(68-24(8)54)46(66-22(6)52)42(60)20(4)64-50/h9-16,19-20,35-36,41-42,45-50,55-60H,1-8H3/t19-,20-,35+,36+,41-,42-,45+,46+,47+,48+,49-,50-/m0/s1. The van der Waals surface area contributed by atoms with Gasteiger partial charge < -0.3 is 68.5 Å². The van der Waals surface area contributed by atoms with Crippen LogP contribution >= 0.6 is 0 Å². The van der Waals surface area contributed by atoms with Crippen LogP contribution in [0.1, 0.15) is 119 Å². The lowest BCUT2D eigenvalue weighted by Crippen LogP contribution is -2.60. The Morgan fingerprint density at radius 3 is 1.06 bits per heavy atom. The summed E-state index contributed by atoms with van der Waals surface area (Å²) in [5, 5.41) is 68.9. The maximum Gasteiger partial charge on any atom is 0.303 e. The molecule has 20 heteroatoms. The maximum absolute atomic E-state index is 14.6. The van der Waals surface area contributed by atoms with Gasteiger partial charge in [-0.25, -0.2) is 0 Å². The van der Waals surface area contributed by atoms with Crippen LogP contribution < -0.4 is 9.47 Å². The molecule has 0 aromatic heterocycles. The summed E-state index contributed by atoms with van der Waals surface area (Å²) >= 11 is 0. The van der Waals surface area contributed by atoms with E-state index in [1.54, 1.807) is 26.0 Å². The van der Waals surface area contributed by atoms with Crippen LogP contribution in [0.25, 0.3) is 0 Å². The molecule has 0 saturated carbocycles. The highest BCUT2D eigenvalue weighted by Crippen LogP contribution is 2.57. The number of carbonyl (C=O) groups excluding carboxylic acids is 6. The van der Waals surface area contributed by atoms with Crippen molar-refractivity contribution in [2.75, 3.05) is 0 Å². The van der Waals surface area contributed by atoms with E-state index in [1.165, 1.54) is 38.1 Å². The van der Waals surface area contributed by atoms with Crippen LogP contribution in [0.15, 0.2) is 48.5 Å². The Balaban J connectivity index is 1.34. The first kappa shape index (κ1) is 49.2. The van der Waals surface area contributed by atoms with E-state index >= 15 is 0 Å². The summed E-state index contributed by atoms with van der Waals surface area (Å²) in [4.78, 5) is 78.5. The molecule has 2 aliphatic heterocycles. The molecule has 4 aromatic carbocycles. The summed E-state index contributed by atoms with van der Waals surface area (Å²) in [6.07, 6.45) is -14.4. The lowest BCUT2D eigenvalue weighted by molar-refractivity contribution is -0.277. The quantitative estimate of drug-likeness (QED) is 0.102. The number of aryl methyl sites for hydroxylation is 2. The smallest absolute Gasteiger partial charge is 0.303 e. The average molecular weight is 971 g/mol. The van der Waals surface area contributed by atoms with Gasteiger partial charge >= 0.3 is 23.9 Å². The second-order valence-corrected chi connectivity index (χ2v) is 17.9. The number of phenolic OH excluding ortho intramolecular Hbond substituents is 4. The zero-order valence-electron chi connectivity index (χ0n) is 38.9. The van der Waals surface area contributed by atoms with Crippen molar-refractivity contribution < 1.29 is 97.3 Å². The molecule has 8 rings (SSSR count). The number of aromatic hydroxyl groups is 4. The van der Waals surface area contributed by atoms with E-state index in [2.05, 4.69) is 0 Å². The lowest BCUT2D eigenvalue weighted by Gasteiger charge is -2.42. The van der Waals surface area contributed by atoms with Crippen LogP contribution in [-0.2, 0) is 47.6 Å². The highest BCUT2D eigenvalue weighted by molar-refractivity contribution is 6.18. The second kappa shape index (κ2) is 18.6. The van der Waals surface area contributed by atoms with Gasteiger partial charge in [0.2, 0.25) is 36.4 Å². The number of aliphatic hydroxyl groups is 2. The zero-order chi connectivity index (χ0) is 50.9. The molecular formula is C50H50O20. The number of rotatable bonds is 9. The van der Waals surface area contributed by atoms with Crippen molar-refractivity contribution in [2.45, 2.75) is 129 Å². The summed E-state index contributed by atoms with van der Waals surface area (Å²) in [7, 11) is 0. The first-order valence-corrected chi connectivity index (χ1v) is 22.1. The molecular weight excluding hydrogens is 921 g/mol.